The number of carbonyl (C=O) groups excluding carboxylic acids is 1. The lowest BCUT2D eigenvalue weighted by molar-refractivity contribution is -0.109. The Morgan fingerprint density at radius 1 is 0.714 bits per heavy atom. The number of nitrogens with zero attached hydrogens (tertiary/aromatic N) is 2. The summed E-state index contributed by atoms with van der Waals surface area (Å²) in [4.78, 5) is 15.3. The van der Waals surface area contributed by atoms with Crippen LogP contribution in [0.4, 0.5) is 0 Å². The lowest BCUT2D eigenvalue weighted by Crippen LogP contribution is -2.46. The Bertz CT molecular complexity index is 237. The van der Waals surface area contributed by atoms with Crippen LogP contribution in [0.3, 0.4) is 0 Å². The molecule has 0 aromatic rings. The maximum atomic E-state index is 10.5. The number of aldehydes is 1. The molecule has 0 bridgehead atoms. The monoisotopic (exact) mass is 296 g/mol. The predicted molar refractivity (Wildman–Crippen MR) is 90.8 cm³/mol. The predicted octanol–water partition coefficient (Wildman–Crippen LogP) is 3.72. The van der Waals surface area contributed by atoms with E-state index in [1.807, 2.05) is 0 Å². The smallest absolute Gasteiger partial charge is 0.133 e. The maximum Gasteiger partial charge on any atom is 0.133 e. The topological polar surface area (TPSA) is 23.6 Å². The Morgan fingerprint density at radius 3 is 1.71 bits per heavy atom. The van der Waals surface area contributed by atoms with E-state index in [-0.39, 0.29) is 0 Å². The Kier molecular flexibility index (Phi) is 11.8. The van der Waals surface area contributed by atoms with Crippen LogP contribution >= 0.6 is 0 Å². The van der Waals surface area contributed by atoms with Gasteiger partial charge >= 0.3 is 0 Å². The van der Waals surface area contributed by atoms with E-state index in [1.54, 1.807) is 0 Å². The highest BCUT2D eigenvalue weighted by atomic mass is 16.1. The molecule has 124 valence electrons. The minimum absolute atomic E-state index is 0.617. The molecule has 0 N–H and O–H groups in total. The summed E-state index contributed by atoms with van der Waals surface area (Å²) in [5.74, 6) is 0. The summed E-state index contributed by atoms with van der Waals surface area (Å²) in [6, 6.07) is 0. The lowest BCUT2D eigenvalue weighted by atomic mass is 10.1. The molecule has 1 aliphatic heterocycles. The molecule has 21 heavy (non-hydrogen) atoms. The van der Waals surface area contributed by atoms with Crippen LogP contribution in [0.25, 0.3) is 0 Å². The molecule has 1 aliphatic rings. The van der Waals surface area contributed by atoms with Gasteiger partial charge in [0.05, 0.1) is 6.54 Å². The highest BCUT2D eigenvalue weighted by molar-refractivity contribution is 5.51. The summed E-state index contributed by atoms with van der Waals surface area (Å²) in [5, 5.41) is 0. The third kappa shape index (κ3) is 10.0. The minimum atomic E-state index is 0.617. The highest BCUT2D eigenvalue weighted by Gasteiger charge is 2.15. The third-order valence-electron chi connectivity index (χ3n) is 4.63. The zero-order valence-electron chi connectivity index (χ0n) is 14.2. The van der Waals surface area contributed by atoms with Gasteiger partial charge in [-0.15, -0.1) is 0 Å². The molecule has 1 saturated heterocycles. The second-order valence-electron chi connectivity index (χ2n) is 6.49. The highest BCUT2D eigenvalue weighted by Crippen LogP contribution is 2.11. The quantitative estimate of drug-likeness (QED) is 0.382. The van der Waals surface area contributed by atoms with Crippen molar-refractivity contribution in [3.05, 3.63) is 0 Å². The Hall–Kier alpha value is -0.410. The fourth-order valence-electron chi connectivity index (χ4n) is 3.12. The Morgan fingerprint density at radius 2 is 1.19 bits per heavy atom. The molecule has 3 nitrogen and oxygen atoms in total. The van der Waals surface area contributed by atoms with E-state index < -0.39 is 0 Å². The molecule has 0 aliphatic carbocycles. The summed E-state index contributed by atoms with van der Waals surface area (Å²) in [6.07, 6.45) is 15.1. The fraction of sp³-hybridized carbons (Fsp3) is 0.944. The van der Waals surface area contributed by atoms with Gasteiger partial charge in [0.25, 0.3) is 0 Å². The molecule has 1 rings (SSSR count). The van der Waals surface area contributed by atoms with Gasteiger partial charge in [-0.2, -0.15) is 0 Å². The van der Waals surface area contributed by atoms with E-state index in [4.69, 9.17) is 0 Å². The zero-order valence-corrected chi connectivity index (χ0v) is 14.2. The molecular weight excluding hydrogens is 260 g/mol. The Labute approximate surface area is 132 Å². The summed E-state index contributed by atoms with van der Waals surface area (Å²) in [6.45, 7) is 8.57. The number of hydrogen-bond acceptors (Lipinski definition) is 3. The summed E-state index contributed by atoms with van der Waals surface area (Å²) < 4.78 is 0. The number of hydrogen-bond donors (Lipinski definition) is 0. The first kappa shape index (κ1) is 18.6. The molecule has 0 spiro atoms. The van der Waals surface area contributed by atoms with E-state index in [9.17, 15) is 4.79 Å². The van der Waals surface area contributed by atoms with E-state index in [0.29, 0.717) is 6.54 Å². The lowest BCUT2D eigenvalue weighted by Gasteiger charge is -2.33. The second kappa shape index (κ2) is 13.3. The maximum absolute atomic E-state index is 10.5. The normalized spacial score (nSPS) is 17.2. The molecule has 0 saturated carbocycles. The van der Waals surface area contributed by atoms with Crippen molar-refractivity contribution >= 4 is 6.29 Å². The van der Waals surface area contributed by atoms with Gasteiger partial charge in [-0.25, -0.2) is 0 Å². The van der Waals surface area contributed by atoms with Gasteiger partial charge in [0.2, 0.25) is 0 Å². The van der Waals surface area contributed by atoms with Crippen LogP contribution in [-0.4, -0.2) is 55.4 Å². The Balaban J connectivity index is 1.81. The van der Waals surface area contributed by atoms with Gasteiger partial charge in [-0.1, -0.05) is 64.7 Å². The van der Waals surface area contributed by atoms with Gasteiger partial charge < -0.3 is 9.69 Å². The van der Waals surface area contributed by atoms with Crippen molar-refractivity contribution in [2.24, 2.45) is 0 Å². The molecule has 0 unspecified atom stereocenters. The second-order valence-corrected chi connectivity index (χ2v) is 6.49. The van der Waals surface area contributed by atoms with Crippen LogP contribution in [0.5, 0.6) is 0 Å². The molecule has 1 heterocycles. The molecular formula is C18H36N2O. The molecule has 0 atom stereocenters. The average Bonchev–Trinajstić information content (AvgIpc) is 2.51. The van der Waals surface area contributed by atoms with Crippen molar-refractivity contribution in [2.75, 3.05) is 39.3 Å². The van der Waals surface area contributed by atoms with Crippen LogP contribution in [0.15, 0.2) is 0 Å². The first-order valence-corrected chi connectivity index (χ1v) is 9.25. The third-order valence-corrected chi connectivity index (χ3v) is 4.63. The van der Waals surface area contributed by atoms with Gasteiger partial charge in [0, 0.05) is 26.2 Å². The van der Waals surface area contributed by atoms with Crippen molar-refractivity contribution in [3.8, 4) is 0 Å². The van der Waals surface area contributed by atoms with Crippen LogP contribution in [0.2, 0.25) is 0 Å². The number of rotatable bonds is 13. The molecule has 0 radical (unpaired) electrons. The van der Waals surface area contributed by atoms with Crippen molar-refractivity contribution in [1.29, 1.82) is 0 Å². The molecule has 0 amide bonds. The molecule has 3 heteroatoms. The van der Waals surface area contributed by atoms with Gasteiger partial charge in [-0.3, -0.25) is 4.90 Å². The molecule has 1 fully saturated rings. The van der Waals surface area contributed by atoms with Crippen molar-refractivity contribution in [2.45, 2.75) is 71.1 Å². The largest absolute Gasteiger partial charge is 0.302 e. The fourth-order valence-corrected chi connectivity index (χ4v) is 3.12. The van der Waals surface area contributed by atoms with E-state index in [0.717, 1.165) is 32.5 Å². The SMILES string of the molecule is CCCCCCCCCCCCN1CCN(CC=O)CC1. The molecule has 0 aromatic heterocycles. The van der Waals surface area contributed by atoms with Gasteiger partial charge in [-0.05, 0) is 13.0 Å². The number of piperazine rings is 1. The number of unbranched alkanes of at least 4 members (excludes halogenated alkanes) is 9. The van der Waals surface area contributed by atoms with Crippen molar-refractivity contribution in [3.63, 3.8) is 0 Å². The molecule has 0 aromatic carbocycles. The van der Waals surface area contributed by atoms with Crippen LogP contribution < -0.4 is 0 Å². The summed E-state index contributed by atoms with van der Waals surface area (Å²) in [7, 11) is 0. The standard InChI is InChI=1S/C18H36N2O/c1-2-3-4-5-6-7-8-9-10-11-12-19-13-15-20(16-14-19)17-18-21/h18H,2-17H2,1H3. The van der Waals surface area contributed by atoms with Crippen molar-refractivity contribution in [1.82, 2.24) is 9.80 Å². The van der Waals surface area contributed by atoms with Gasteiger partial charge in [0.15, 0.2) is 0 Å². The van der Waals surface area contributed by atoms with E-state index in [2.05, 4.69) is 16.7 Å². The van der Waals surface area contributed by atoms with Crippen molar-refractivity contribution < 1.29 is 4.79 Å². The van der Waals surface area contributed by atoms with Crippen LogP contribution in [0.1, 0.15) is 71.1 Å². The summed E-state index contributed by atoms with van der Waals surface area (Å²) in [5.41, 5.74) is 0. The van der Waals surface area contributed by atoms with E-state index in [1.165, 1.54) is 70.8 Å². The van der Waals surface area contributed by atoms with Crippen LogP contribution in [0, 0.1) is 0 Å². The first-order valence-electron chi connectivity index (χ1n) is 9.25. The van der Waals surface area contributed by atoms with Crippen LogP contribution in [-0.2, 0) is 4.79 Å². The zero-order chi connectivity index (χ0) is 15.2. The summed E-state index contributed by atoms with van der Waals surface area (Å²) >= 11 is 0. The average molecular weight is 296 g/mol. The van der Waals surface area contributed by atoms with Gasteiger partial charge in [0.1, 0.15) is 6.29 Å². The first-order chi connectivity index (χ1) is 10.4. The minimum Gasteiger partial charge on any atom is -0.302 e. The van der Waals surface area contributed by atoms with E-state index >= 15 is 0 Å². The number of carbonyl (C=O) groups is 1.